The van der Waals surface area contributed by atoms with E-state index in [2.05, 4.69) is 15.2 Å². The van der Waals surface area contributed by atoms with Crippen LogP contribution in [0.5, 0.6) is 5.75 Å². The number of nitrogens with zero attached hydrogens (tertiary/aromatic N) is 3. The van der Waals surface area contributed by atoms with Gasteiger partial charge in [0, 0.05) is 19.6 Å². The van der Waals surface area contributed by atoms with Gasteiger partial charge in [-0.1, -0.05) is 18.2 Å². The summed E-state index contributed by atoms with van der Waals surface area (Å²) in [7, 11) is 0. The van der Waals surface area contributed by atoms with E-state index in [-0.39, 0.29) is 11.9 Å². The number of hydrogen-bond donors (Lipinski definition) is 1. The van der Waals surface area contributed by atoms with Gasteiger partial charge >= 0.3 is 6.09 Å². The van der Waals surface area contributed by atoms with E-state index in [1.54, 1.807) is 23.1 Å². The molecule has 7 heteroatoms. The minimum Gasteiger partial charge on any atom is -0.410 e. The molecule has 1 aromatic heterocycles. The van der Waals surface area contributed by atoms with Crippen molar-refractivity contribution in [2.75, 3.05) is 29.4 Å². The van der Waals surface area contributed by atoms with E-state index >= 15 is 0 Å². The van der Waals surface area contributed by atoms with Crippen LogP contribution >= 0.6 is 0 Å². The maximum atomic E-state index is 13.0. The third kappa shape index (κ3) is 3.17. The third-order valence-corrected chi connectivity index (χ3v) is 5.58. The second-order valence-electron chi connectivity index (χ2n) is 7.63. The normalized spacial score (nSPS) is 19.9. The molecule has 1 aliphatic carbocycles. The zero-order chi connectivity index (χ0) is 19.1. The molecule has 5 rings (SSSR count). The Balaban J connectivity index is 1.43. The third-order valence-electron chi connectivity index (χ3n) is 5.58. The van der Waals surface area contributed by atoms with E-state index in [9.17, 15) is 9.59 Å². The fourth-order valence-electron chi connectivity index (χ4n) is 3.86. The van der Waals surface area contributed by atoms with E-state index < -0.39 is 6.09 Å². The number of amides is 2. The number of nitrogens with one attached hydrogen (secondary N) is 1. The van der Waals surface area contributed by atoms with Crippen LogP contribution in [0.25, 0.3) is 0 Å². The van der Waals surface area contributed by atoms with Crippen LogP contribution in [-0.4, -0.2) is 42.7 Å². The monoisotopic (exact) mass is 378 g/mol. The van der Waals surface area contributed by atoms with E-state index in [1.807, 2.05) is 24.3 Å². The molecule has 0 unspecified atom stereocenters. The van der Waals surface area contributed by atoms with Gasteiger partial charge in [0.05, 0.1) is 11.7 Å². The lowest BCUT2D eigenvalue weighted by molar-refractivity contribution is 0.0946. The van der Waals surface area contributed by atoms with Crippen molar-refractivity contribution in [2.45, 2.75) is 25.3 Å². The van der Waals surface area contributed by atoms with Crippen LogP contribution in [0.1, 0.15) is 29.8 Å². The first-order valence-electron chi connectivity index (χ1n) is 9.79. The highest BCUT2D eigenvalue weighted by atomic mass is 16.6. The molecule has 144 valence electrons. The average Bonchev–Trinajstić information content (AvgIpc) is 3.46. The smallest absolute Gasteiger partial charge is 0.410 e. The number of aromatic nitrogens is 1. The number of hydrogen-bond acceptors (Lipinski definition) is 5. The van der Waals surface area contributed by atoms with Crippen LogP contribution in [0.3, 0.4) is 0 Å². The number of carbonyl (C=O) groups is 2. The van der Waals surface area contributed by atoms with E-state index in [1.165, 1.54) is 12.8 Å². The van der Waals surface area contributed by atoms with Crippen molar-refractivity contribution in [3.63, 3.8) is 0 Å². The van der Waals surface area contributed by atoms with Crippen molar-refractivity contribution in [2.24, 2.45) is 5.92 Å². The molecule has 1 N–H and O–H groups in total. The molecule has 3 aliphatic rings. The van der Waals surface area contributed by atoms with Gasteiger partial charge in [-0.15, -0.1) is 0 Å². The second kappa shape index (κ2) is 6.82. The highest BCUT2D eigenvalue weighted by molar-refractivity contribution is 5.98. The molecule has 0 radical (unpaired) electrons. The van der Waals surface area contributed by atoms with E-state index in [4.69, 9.17) is 4.74 Å². The van der Waals surface area contributed by atoms with Gasteiger partial charge in [0.1, 0.15) is 11.4 Å². The Hall–Kier alpha value is -3.09. The molecule has 2 aromatic rings. The van der Waals surface area contributed by atoms with Gasteiger partial charge < -0.3 is 15.0 Å². The van der Waals surface area contributed by atoms with Crippen molar-refractivity contribution in [1.29, 1.82) is 0 Å². The number of pyridine rings is 1. The summed E-state index contributed by atoms with van der Waals surface area (Å²) in [4.78, 5) is 33.9. The summed E-state index contributed by atoms with van der Waals surface area (Å²) in [6, 6.07) is 12.6. The van der Waals surface area contributed by atoms with Gasteiger partial charge in [-0.25, -0.2) is 9.78 Å². The molecule has 28 heavy (non-hydrogen) atoms. The predicted octanol–water partition coefficient (Wildman–Crippen LogP) is 2.82. The van der Waals surface area contributed by atoms with Gasteiger partial charge in [-0.05, 0) is 49.4 Å². The topological polar surface area (TPSA) is 74.8 Å². The molecule has 2 aliphatic heterocycles. The molecular weight excluding hydrogens is 356 g/mol. The van der Waals surface area contributed by atoms with Crippen molar-refractivity contribution in [1.82, 2.24) is 10.3 Å². The van der Waals surface area contributed by atoms with Crippen LogP contribution in [-0.2, 0) is 0 Å². The van der Waals surface area contributed by atoms with Gasteiger partial charge in [0.15, 0.2) is 5.82 Å². The molecular formula is C21H22N4O3. The summed E-state index contributed by atoms with van der Waals surface area (Å²) < 4.78 is 5.58. The van der Waals surface area contributed by atoms with Crippen molar-refractivity contribution in [3.8, 4) is 5.75 Å². The van der Waals surface area contributed by atoms with Gasteiger partial charge in [0.25, 0.3) is 5.91 Å². The first kappa shape index (κ1) is 17.0. The number of ether oxygens (including phenoxy) is 1. The Morgan fingerprint density at radius 3 is 2.71 bits per heavy atom. The number of anilines is 2. The lowest BCUT2D eigenvalue weighted by Gasteiger charge is -2.35. The molecule has 1 saturated carbocycles. The maximum Gasteiger partial charge on any atom is 0.421 e. The molecule has 0 spiro atoms. The summed E-state index contributed by atoms with van der Waals surface area (Å²) in [6.45, 7) is 2.31. The van der Waals surface area contributed by atoms with Crippen LogP contribution < -0.4 is 19.9 Å². The Morgan fingerprint density at radius 1 is 1.11 bits per heavy atom. The minimum atomic E-state index is -0.456. The van der Waals surface area contributed by atoms with Crippen LogP contribution in [0, 0.1) is 5.92 Å². The van der Waals surface area contributed by atoms with Crippen LogP contribution in [0.4, 0.5) is 16.3 Å². The maximum absolute atomic E-state index is 13.0. The molecule has 2 fully saturated rings. The fraction of sp³-hybridized carbons (Fsp3) is 0.381. The quantitative estimate of drug-likeness (QED) is 0.886. The summed E-state index contributed by atoms with van der Waals surface area (Å²) in [6.07, 6.45) is 2.74. The van der Waals surface area contributed by atoms with Crippen molar-refractivity contribution >= 4 is 23.5 Å². The Labute approximate surface area is 163 Å². The van der Waals surface area contributed by atoms with E-state index in [0.29, 0.717) is 29.7 Å². The highest BCUT2D eigenvalue weighted by Crippen LogP contribution is 2.39. The summed E-state index contributed by atoms with van der Waals surface area (Å²) in [5.41, 5.74) is 1.21. The SMILES string of the molecule is O=C(NCC1CC1)c1ccc2c(n1)N(C(=O)Oc1ccccc1)[C@H]1CCN2C1. The predicted molar refractivity (Wildman–Crippen MR) is 105 cm³/mol. The lowest BCUT2D eigenvalue weighted by Crippen LogP contribution is -2.48. The summed E-state index contributed by atoms with van der Waals surface area (Å²) in [5.74, 6) is 1.40. The molecule has 1 saturated heterocycles. The number of carbonyl (C=O) groups excluding carboxylic acids is 2. The molecule has 2 bridgehead atoms. The summed E-state index contributed by atoms with van der Waals surface area (Å²) in [5, 5.41) is 2.94. The Kier molecular flexibility index (Phi) is 4.15. The number of fused-ring (bicyclic) bond motifs is 4. The zero-order valence-electron chi connectivity index (χ0n) is 15.5. The first-order chi connectivity index (χ1) is 13.7. The van der Waals surface area contributed by atoms with Gasteiger partial charge in [-0.3, -0.25) is 9.69 Å². The molecule has 3 heterocycles. The zero-order valence-corrected chi connectivity index (χ0v) is 15.5. The first-order valence-corrected chi connectivity index (χ1v) is 9.79. The van der Waals surface area contributed by atoms with Crippen LogP contribution in [0.2, 0.25) is 0 Å². The van der Waals surface area contributed by atoms with Gasteiger partial charge in [0.2, 0.25) is 0 Å². The molecule has 7 nitrogen and oxygen atoms in total. The number of rotatable bonds is 4. The largest absolute Gasteiger partial charge is 0.421 e. The second-order valence-corrected chi connectivity index (χ2v) is 7.63. The van der Waals surface area contributed by atoms with Crippen molar-refractivity contribution in [3.05, 3.63) is 48.2 Å². The highest BCUT2D eigenvalue weighted by Gasteiger charge is 2.41. The van der Waals surface area contributed by atoms with Crippen molar-refractivity contribution < 1.29 is 14.3 Å². The fourth-order valence-corrected chi connectivity index (χ4v) is 3.86. The number of benzene rings is 1. The van der Waals surface area contributed by atoms with Gasteiger partial charge in [-0.2, -0.15) is 0 Å². The summed E-state index contributed by atoms with van der Waals surface area (Å²) >= 11 is 0. The standard InChI is InChI=1S/C21H22N4O3/c26-20(22-12-14-6-7-14)17-8-9-18-19(23-17)25(15-10-11-24(18)13-15)21(27)28-16-4-2-1-3-5-16/h1-5,8-9,14-15H,6-7,10-13H2,(H,22,26)/t15-/m0/s1. The van der Waals surface area contributed by atoms with E-state index in [0.717, 1.165) is 25.2 Å². The minimum absolute atomic E-state index is 0.000914. The number of para-hydroxylation sites is 1. The Morgan fingerprint density at radius 2 is 1.93 bits per heavy atom. The molecule has 2 amide bonds. The molecule has 1 aromatic carbocycles. The van der Waals surface area contributed by atoms with Crippen LogP contribution in [0.15, 0.2) is 42.5 Å². The average molecular weight is 378 g/mol. The molecule has 1 atom stereocenters. The lowest BCUT2D eigenvalue weighted by atomic mass is 10.2. The Bertz CT molecular complexity index is 913.